The molecule has 0 atom stereocenters. The first-order valence-electron chi connectivity index (χ1n) is 11.2. The summed E-state index contributed by atoms with van der Waals surface area (Å²) < 4.78 is 21.3. The van der Waals surface area contributed by atoms with E-state index in [9.17, 15) is 9.18 Å². The molecule has 1 aromatic carbocycles. The summed E-state index contributed by atoms with van der Waals surface area (Å²) in [6.45, 7) is 6.16. The Bertz CT molecular complexity index is 1120. The van der Waals surface area contributed by atoms with Crippen LogP contribution in [0.1, 0.15) is 44.2 Å². The van der Waals surface area contributed by atoms with Gasteiger partial charge >= 0.3 is 6.09 Å². The van der Waals surface area contributed by atoms with Crippen LogP contribution in [0.3, 0.4) is 0 Å². The molecule has 10 heteroatoms. The Labute approximate surface area is 192 Å². The monoisotopic (exact) mass is 455 g/mol. The first-order valence-corrected chi connectivity index (χ1v) is 11.2. The van der Waals surface area contributed by atoms with Gasteiger partial charge in [-0.3, -0.25) is 0 Å². The average Bonchev–Trinajstić information content (AvgIpc) is 3.14. The van der Waals surface area contributed by atoms with E-state index in [0.717, 1.165) is 37.1 Å². The number of aromatic nitrogens is 4. The number of unbranched alkanes of at least 4 members (excludes halogenated alkanes) is 1. The van der Waals surface area contributed by atoms with Crippen molar-refractivity contribution in [1.29, 1.82) is 0 Å². The maximum absolute atomic E-state index is 14.1. The highest BCUT2D eigenvalue weighted by Gasteiger charge is 2.20. The molecule has 1 aliphatic rings. The van der Waals surface area contributed by atoms with Gasteiger partial charge < -0.3 is 25.3 Å². The van der Waals surface area contributed by atoms with Gasteiger partial charge in [0.1, 0.15) is 11.2 Å². The first kappa shape index (κ1) is 22.8. The third-order valence-electron chi connectivity index (χ3n) is 5.69. The number of carbonyl (C=O) groups excluding carboxylic acids is 1. The van der Waals surface area contributed by atoms with Crippen molar-refractivity contribution in [3.63, 3.8) is 0 Å². The number of nitrogens with one attached hydrogen (secondary N) is 1. The molecule has 0 saturated carbocycles. The van der Waals surface area contributed by atoms with Crippen molar-refractivity contribution in [2.75, 3.05) is 30.3 Å². The zero-order chi connectivity index (χ0) is 23.4. The highest BCUT2D eigenvalue weighted by molar-refractivity contribution is 5.83. The van der Waals surface area contributed by atoms with Crippen molar-refractivity contribution in [2.45, 2.75) is 51.9 Å². The number of rotatable bonds is 9. The lowest BCUT2D eigenvalue weighted by molar-refractivity contribution is 0.143. The molecule has 1 fully saturated rings. The van der Waals surface area contributed by atoms with Crippen molar-refractivity contribution >= 4 is 29.0 Å². The van der Waals surface area contributed by atoms with Crippen LogP contribution < -0.4 is 16.0 Å². The number of benzene rings is 1. The second-order valence-corrected chi connectivity index (χ2v) is 8.73. The van der Waals surface area contributed by atoms with E-state index in [4.69, 9.17) is 10.5 Å². The van der Waals surface area contributed by atoms with E-state index in [0.29, 0.717) is 42.4 Å². The normalized spacial score (nSPS) is 13.7. The summed E-state index contributed by atoms with van der Waals surface area (Å²) in [5.74, 6) is 1.04. The number of fused-ring (bicyclic) bond motifs is 1. The van der Waals surface area contributed by atoms with Gasteiger partial charge in [-0.1, -0.05) is 24.3 Å². The Morgan fingerprint density at radius 2 is 2.09 bits per heavy atom. The molecule has 3 aromatic rings. The maximum Gasteiger partial charge on any atom is 0.407 e. The summed E-state index contributed by atoms with van der Waals surface area (Å²) in [5, 5.41) is 2.71. The van der Waals surface area contributed by atoms with Crippen LogP contribution in [0.25, 0.3) is 11.2 Å². The zero-order valence-electron chi connectivity index (χ0n) is 19.1. The molecule has 1 saturated heterocycles. The SMILES string of the molecule is CC(C)(F)c1cccc(CNC(=O)OCCCCn2cnc3c(N)nc(N4CCC4)nc32)c1. The number of nitrogens with zero attached hydrogens (tertiary/aromatic N) is 5. The van der Waals surface area contributed by atoms with Gasteiger partial charge in [-0.25, -0.2) is 14.2 Å². The molecule has 3 heterocycles. The summed E-state index contributed by atoms with van der Waals surface area (Å²) >= 11 is 0. The second kappa shape index (κ2) is 9.60. The fraction of sp³-hybridized carbons (Fsp3) is 0.478. The number of amides is 1. The van der Waals surface area contributed by atoms with Crippen molar-refractivity contribution in [1.82, 2.24) is 24.8 Å². The summed E-state index contributed by atoms with van der Waals surface area (Å²) in [7, 11) is 0. The molecule has 176 valence electrons. The first-order chi connectivity index (χ1) is 15.8. The number of halogens is 1. The van der Waals surface area contributed by atoms with Crippen LogP contribution in [0.5, 0.6) is 0 Å². The zero-order valence-corrected chi connectivity index (χ0v) is 19.1. The Balaban J connectivity index is 1.21. The molecule has 3 N–H and O–H groups in total. The molecule has 1 aliphatic heterocycles. The molecular formula is C23H30FN7O2. The summed E-state index contributed by atoms with van der Waals surface area (Å²) in [5.41, 5.74) is 7.36. The average molecular weight is 456 g/mol. The Morgan fingerprint density at radius 1 is 1.27 bits per heavy atom. The fourth-order valence-corrected chi connectivity index (χ4v) is 3.60. The fourth-order valence-electron chi connectivity index (χ4n) is 3.60. The number of alkyl halides is 1. The molecule has 2 aromatic heterocycles. The van der Waals surface area contributed by atoms with E-state index in [1.54, 1.807) is 24.5 Å². The molecule has 0 spiro atoms. The summed E-state index contributed by atoms with van der Waals surface area (Å²) in [6, 6.07) is 7.11. The Morgan fingerprint density at radius 3 is 2.82 bits per heavy atom. The van der Waals surface area contributed by atoms with E-state index >= 15 is 0 Å². The lowest BCUT2D eigenvalue weighted by Crippen LogP contribution is -2.38. The molecule has 0 bridgehead atoms. The number of aryl methyl sites for hydroxylation is 1. The number of carbonyl (C=O) groups is 1. The third-order valence-corrected chi connectivity index (χ3v) is 5.69. The predicted molar refractivity (Wildman–Crippen MR) is 125 cm³/mol. The third kappa shape index (κ3) is 5.50. The van der Waals surface area contributed by atoms with Gasteiger partial charge in [-0.05, 0) is 44.2 Å². The topological polar surface area (TPSA) is 111 Å². The van der Waals surface area contributed by atoms with Gasteiger partial charge in [0.25, 0.3) is 0 Å². The summed E-state index contributed by atoms with van der Waals surface area (Å²) in [6.07, 6.45) is 3.84. The molecule has 0 unspecified atom stereocenters. The van der Waals surface area contributed by atoms with Gasteiger partial charge in [0.2, 0.25) is 5.95 Å². The largest absolute Gasteiger partial charge is 0.450 e. The Hall–Kier alpha value is -3.43. The quantitative estimate of drug-likeness (QED) is 0.475. The number of ether oxygens (including phenoxy) is 1. The molecule has 4 rings (SSSR count). The van der Waals surface area contributed by atoms with Crippen molar-refractivity contribution < 1.29 is 13.9 Å². The lowest BCUT2D eigenvalue weighted by Gasteiger charge is -2.30. The van der Waals surface area contributed by atoms with Crippen LogP contribution in [0.15, 0.2) is 30.6 Å². The van der Waals surface area contributed by atoms with Crippen molar-refractivity contribution in [2.24, 2.45) is 0 Å². The molecule has 0 radical (unpaired) electrons. The number of nitrogens with two attached hydrogens (primary N) is 1. The highest BCUT2D eigenvalue weighted by Crippen LogP contribution is 2.25. The van der Waals surface area contributed by atoms with E-state index in [2.05, 4.69) is 25.2 Å². The van der Waals surface area contributed by atoms with Gasteiger partial charge in [0.15, 0.2) is 11.5 Å². The number of anilines is 2. The number of alkyl carbamates (subject to hydrolysis) is 1. The Kier molecular flexibility index (Phi) is 6.62. The molecular weight excluding hydrogens is 425 g/mol. The molecule has 0 aliphatic carbocycles. The van der Waals surface area contributed by atoms with Crippen LogP contribution in [0.2, 0.25) is 0 Å². The van der Waals surface area contributed by atoms with Crippen molar-refractivity contribution in [3.05, 3.63) is 41.7 Å². The van der Waals surface area contributed by atoms with Crippen LogP contribution in [0.4, 0.5) is 21.0 Å². The van der Waals surface area contributed by atoms with Gasteiger partial charge in [0, 0.05) is 26.2 Å². The predicted octanol–water partition coefficient (Wildman–Crippen LogP) is 3.53. The minimum atomic E-state index is -1.43. The minimum absolute atomic E-state index is 0.282. The highest BCUT2D eigenvalue weighted by atomic mass is 19.1. The number of nitrogen functional groups attached to an aromatic ring is 1. The number of hydrogen-bond donors (Lipinski definition) is 2. The van der Waals surface area contributed by atoms with E-state index in [1.165, 1.54) is 13.8 Å². The van der Waals surface area contributed by atoms with E-state index in [1.807, 2.05) is 10.6 Å². The molecule has 1 amide bonds. The number of hydrogen-bond acceptors (Lipinski definition) is 7. The van der Waals surface area contributed by atoms with Gasteiger partial charge in [0.05, 0.1) is 12.9 Å². The maximum atomic E-state index is 14.1. The second-order valence-electron chi connectivity index (χ2n) is 8.73. The van der Waals surface area contributed by atoms with Crippen molar-refractivity contribution in [3.8, 4) is 0 Å². The number of imidazole rings is 1. The van der Waals surface area contributed by atoms with Crippen LogP contribution >= 0.6 is 0 Å². The van der Waals surface area contributed by atoms with E-state index < -0.39 is 11.8 Å². The molecule has 9 nitrogen and oxygen atoms in total. The minimum Gasteiger partial charge on any atom is -0.450 e. The van der Waals surface area contributed by atoms with Crippen LogP contribution in [-0.4, -0.2) is 45.3 Å². The van der Waals surface area contributed by atoms with E-state index in [-0.39, 0.29) is 6.54 Å². The lowest BCUT2D eigenvalue weighted by atomic mass is 9.98. The smallest absolute Gasteiger partial charge is 0.407 e. The van der Waals surface area contributed by atoms with Gasteiger partial charge in [-0.2, -0.15) is 9.97 Å². The van der Waals surface area contributed by atoms with Crippen LogP contribution in [-0.2, 0) is 23.5 Å². The molecule has 33 heavy (non-hydrogen) atoms. The van der Waals surface area contributed by atoms with Crippen LogP contribution in [0, 0.1) is 0 Å². The summed E-state index contributed by atoms with van der Waals surface area (Å²) in [4.78, 5) is 27.4. The van der Waals surface area contributed by atoms with Gasteiger partial charge in [-0.15, -0.1) is 0 Å². The standard InChI is InChI=1S/C23H30FN7O2/c1-23(2,24)17-8-5-7-16(13-17)14-26-22(32)33-12-4-3-9-31-15-27-18-19(25)28-21(29-20(18)31)30-10-6-11-30/h5,7-8,13,15H,3-4,6,9-12,14H2,1-2H3,(H,26,32)(H2,25,28,29).